The van der Waals surface area contributed by atoms with E-state index in [2.05, 4.69) is 0 Å². The van der Waals surface area contributed by atoms with Crippen LogP contribution in [0.5, 0.6) is 0 Å². The number of carbonyl (C=O) groups excluding carboxylic acids is 1. The van der Waals surface area contributed by atoms with Crippen molar-refractivity contribution < 1.29 is 9.18 Å². The van der Waals surface area contributed by atoms with Crippen LogP contribution in [0.2, 0.25) is 0 Å². The molecule has 2 aromatic carbocycles. The summed E-state index contributed by atoms with van der Waals surface area (Å²) in [6.07, 6.45) is 2.04. The van der Waals surface area contributed by atoms with E-state index in [0.717, 1.165) is 12.8 Å². The molecular weight excluding hydrogens is 253 g/mol. The minimum absolute atomic E-state index is 0.0264. The summed E-state index contributed by atoms with van der Waals surface area (Å²) < 4.78 is 13.3. The Hall–Kier alpha value is -2.16. The summed E-state index contributed by atoms with van der Waals surface area (Å²) in [5.41, 5.74) is 8.02. The van der Waals surface area contributed by atoms with Gasteiger partial charge < -0.3 is 5.73 Å². The van der Waals surface area contributed by atoms with Gasteiger partial charge in [0.1, 0.15) is 5.82 Å². The Bertz CT molecular complexity index is 608. The number of halogens is 1. The Morgan fingerprint density at radius 2 is 1.90 bits per heavy atom. The van der Waals surface area contributed by atoms with Crippen LogP contribution < -0.4 is 5.73 Å². The van der Waals surface area contributed by atoms with Gasteiger partial charge in [-0.15, -0.1) is 0 Å². The average Bonchev–Trinajstić information content (AvgIpc) is 2.44. The second-order valence-electron chi connectivity index (χ2n) is 4.95. The van der Waals surface area contributed by atoms with Crippen LogP contribution in [0.3, 0.4) is 0 Å². The Kier molecular flexibility index (Phi) is 4.51. The summed E-state index contributed by atoms with van der Waals surface area (Å²) in [6.45, 7) is 1.63. The summed E-state index contributed by atoms with van der Waals surface area (Å²) in [4.78, 5) is 12.1. The van der Waals surface area contributed by atoms with Gasteiger partial charge in [0.25, 0.3) is 0 Å². The molecule has 0 aliphatic heterocycles. The van der Waals surface area contributed by atoms with E-state index in [1.165, 1.54) is 17.7 Å². The van der Waals surface area contributed by atoms with E-state index in [-0.39, 0.29) is 17.3 Å². The zero-order chi connectivity index (χ0) is 14.5. The SMILES string of the molecule is Cc1cc(C(=O)CCCc2ccccc2)c(N)cc1F. The minimum Gasteiger partial charge on any atom is -0.398 e. The van der Waals surface area contributed by atoms with Crippen molar-refractivity contribution in [3.05, 3.63) is 65.0 Å². The van der Waals surface area contributed by atoms with Crippen molar-refractivity contribution in [2.24, 2.45) is 0 Å². The molecule has 0 heterocycles. The summed E-state index contributed by atoms with van der Waals surface area (Å²) in [6, 6.07) is 12.8. The van der Waals surface area contributed by atoms with Crippen LogP contribution in [0.4, 0.5) is 10.1 Å². The number of aryl methyl sites for hydroxylation is 2. The standard InChI is InChI=1S/C17H18FNO/c1-12-10-14(16(19)11-15(12)18)17(20)9-5-8-13-6-3-2-4-7-13/h2-4,6-7,10-11H,5,8-9,19H2,1H3. The van der Waals surface area contributed by atoms with Gasteiger partial charge in [-0.25, -0.2) is 4.39 Å². The lowest BCUT2D eigenvalue weighted by molar-refractivity contribution is 0.0981. The summed E-state index contributed by atoms with van der Waals surface area (Å²) in [5.74, 6) is -0.398. The van der Waals surface area contributed by atoms with Gasteiger partial charge in [-0.1, -0.05) is 30.3 Å². The first kappa shape index (κ1) is 14.3. The second kappa shape index (κ2) is 6.33. The number of carbonyl (C=O) groups is 1. The maximum Gasteiger partial charge on any atom is 0.164 e. The van der Waals surface area contributed by atoms with Gasteiger partial charge in [-0.3, -0.25) is 4.79 Å². The number of rotatable bonds is 5. The van der Waals surface area contributed by atoms with Crippen LogP contribution >= 0.6 is 0 Å². The second-order valence-corrected chi connectivity index (χ2v) is 4.95. The first-order chi connectivity index (χ1) is 9.58. The molecule has 2 aromatic rings. The molecule has 2 nitrogen and oxygen atoms in total. The molecule has 0 atom stereocenters. The molecule has 0 amide bonds. The third-order valence-electron chi connectivity index (χ3n) is 3.34. The number of hydrogen-bond donors (Lipinski definition) is 1. The average molecular weight is 271 g/mol. The van der Waals surface area contributed by atoms with Gasteiger partial charge in [0, 0.05) is 17.7 Å². The number of benzene rings is 2. The topological polar surface area (TPSA) is 43.1 Å². The highest BCUT2D eigenvalue weighted by Crippen LogP contribution is 2.20. The summed E-state index contributed by atoms with van der Waals surface area (Å²) in [5, 5.41) is 0. The monoisotopic (exact) mass is 271 g/mol. The molecule has 0 saturated heterocycles. The normalized spacial score (nSPS) is 10.5. The molecule has 0 saturated carbocycles. The highest BCUT2D eigenvalue weighted by molar-refractivity contribution is 6.00. The molecule has 2 N–H and O–H groups in total. The molecule has 0 bridgehead atoms. The maximum atomic E-state index is 13.3. The van der Waals surface area contributed by atoms with Gasteiger partial charge >= 0.3 is 0 Å². The molecule has 0 fully saturated rings. The first-order valence-electron chi connectivity index (χ1n) is 6.70. The molecule has 0 radical (unpaired) electrons. The van der Waals surface area contributed by atoms with Crippen LogP contribution in [-0.4, -0.2) is 5.78 Å². The molecule has 3 heteroatoms. The van der Waals surface area contributed by atoms with Crippen molar-refractivity contribution in [1.29, 1.82) is 0 Å². The number of ketones is 1. The van der Waals surface area contributed by atoms with E-state index in [1.807, 2.05) is 30.3 Å². The molecule has 0 spiro atoms. The predicted octanol–water partition coefficient (Wildman–Crippen LogP) is 3.92. The van der Waals surface area contributed by atoms with Crippen molar-refractivity contribution in [2.75, 3.05) is 5.73 Å². The van der Waals surface area contributed by atoms with Crippen LogP contribution in [0.25, 0.3) is 0 Å². The molecule has 0 aliphatic rings. The number of Topliss-reactive ketones (excluding diaryl/α,β-unsaturated/α-hetero) is 1. The zero-order valence-electron chi connectivity index (χ0n) is 11.5. The lowest BCUT2D eigenvalue weighted by Crippen LogP contribution is -2.06. The zero-order valence-corrected chi connectivity index (χ0v) is 11.5. The number of anilines is 1. The Morgan fingerprint density at radius 1 is 1.20 bits per heavy atom. The Balaban J connectivity index is 1.97. The molecule has 0 aliphatic carbocycles. The van der Waals surface area contributed by atoms with Gasteiger partial charge in [0.05, 0.1) is 0 Å². The molecule has 0 aromatic heterocycles. The van der Waals surface area contributed by atoms with Gasteiger partial charge in [0.2, 0.25) is 0 Å². The highest BCUT2D eigenvalue weighted by Gasteiger charge is 2.12. The number of hydrogen-bond acceptors (Lipinski definition) is 2. The summed E-state index contributed by atoms with van der Waals surface area (Å²) >= 11 is 0. The Morgan fingerprint density at radius 3 is 2.60 bits per heavy atom. The smallest absolute Gasteiger partial charge is 0.164 e. The molecule has 104 valence electrons. The largest absolute Gasteiger partial charge is 0.398 e. The molecule has 2 rings (SSSR count). The van der Waals surface area contributed by atoms with Crippen molar-refractivity contribution in [3.63, 3.8) is 0 Å². The number of nitrogens with two attached hydrogens (primary N) is 1. The Labute approximate surface area is 118 Å². The quantitative estimate of drug-likeness (QED) is 0.661. The fourth-order valence-corrected chi connectivity index (χ4v) is 2.17. The van der Waals surface area contributed by atoms with Gasteiger partial charge in [-0.2, -0.15) is 0 Å². The predicted molar refractivity (Wildman–Crippen MR) is 79.3 cm³/mol. The first-order valence-corrected chi connectivity index (χ1v) is 6.70. The van der Waals surface area contributed by atoms with Crippen LogP contribution in [0, 0.1) is 12.7 Å². The van der Waals surface area contributed by atoms with Crippen LogP contribution in [0.15, 0.2) is 42.5 Å². The van der Waals surface area contributed by atoms with Crippen molar-refractivity contribution in [2.45, 2.75) is 26.2 Å². The lowest BCUT2D eigenvalue weighted by atomic mass is 10.00. The van der Waals surface area contributed by atoms with Crippen molar-refractivity contribution in [1.82, 2.24) is 0 Å². The fourth-order valence-electron chi connectivity index (χ4n) is 2.17. The van der Waals surface area contributed by atoms with Gasteiger partial charge in [0.15, 0.2) is 5.78 Å². The van der Waals surface area contributed by atoms with E-state index in [1.54, 1.807) is 6.92 Å². The van der Waals surface area contributed by atoms with Gasteiger partial charge in [-0.05, 0) is 43.0 Å². The van der Waals surface area contributed by atoms with E-state index < -0.39 is 0 Å². The van der Waals surface area contributed by atoms with E-state index in [4.69, 9.17) is 5.73 Å². The minimum atomic E-state index is -0.372. The molecule has 0 unspecified atom stereocenters. The van der Waals surface area contributed by atoms with E-state index in [0.29, 0.717) is 17.5 Å². The van der Waals surface area contributed by atoms with Crippen LogP contribution in [0.1, 0.15) is 34.3 Å². The third-order valence-corrected chi connectivity index (χ3v) is 3.34. The summed E-state index contributed by atoms with van der Waals surface area (Å²) in [7, 11) is 0. The maximum absolute atomic E-state index is 13.3. The molecule has 20 heavy (non-hydrogen) atoms. The van der Waals surface area contributed by atoms with Crippen molar-refractivity contribution in [3.8, 4) is 0 Å². The highest BCUT2D eigenvalue weighted by atomic mass is 19.1. The van der Waals surface area contributed by atoms with Crippen molar-refractivity contribution >= 4 is 11.5 Å². The third kappa shape index (κ3) is 3.44. The van der Waals surface area contributed by atoms with E-state index >= 15 is 0 Å². The fraction of sp³-hybridized carbons (Fsp3) is 0.235. The van der Waals surface area contributed by atoms with E-state index in [9.17, 15) is 9.18 Å². The number of nitrogen functional groups attached to an aromatic ring is 1. The lowest BCUT2D eigenvalue weighted by Gasteiger charge is -2.07. The molecular formula is C17H18FNO. The van der Waals surface area contributed by atoms with Crippen LogP contribution in [-0.2, 0) is 6.42 Å².